The first kappa shape index (κ1) is 63.2. The van der Waals surface area contributed by atoms with E-state index in [2.05, 4.69) is 61.5 Å². The minimum Gasteiger partial charge on any atom is -0.364 e. The van der Waals surface area contributed by atoms with Crippen LogP contribution in [0.4, 0.5) is 29.7 Å². The van der Waals surface area contributed by atoms with Gasteiger partial charge in [0.05, 0.1) is 0 Å². The molecule has 3 aromatic rings. The van der Waals surface area contributed by atoms with Gasteiger partial charge in [0.2, 0.25) is 29.7 Å². The molecule has 22 heteroatoms. The zero-order valence-corrected chi connectivity index (χ0v) is 48.5. The van der Waals surface area contributed by atoms with Crippen LogP contribution in [0.15, 0.2) is 0 Å². The summed E-state index contributed by atoms with van der Waals surface area (Å²) in [6.45, 7) is 17.9. The lowest BCUT2D eigenvalue weighted by Crippen LogP contribution is -2.32. The van der Waals surface area contributed by atoms with Gasteiger partial charge in [-0.1, -0.05) is 54.4 Å². The summed E-state index contributed by atoms with van der Waals surface area (Å²) in [5.41, 5.74) is 0. The van der Waals surface area contributed by atoms with Crippen molar-refractivity contribution in [2.75, 3.05) is 148 Å². The summed E-state index contributed by atoms with van der Waals surface area (Å²) in [4.78, 5) is 51.6. The van der Waals surface area contributed by atoms with Crippen LogP contribution in [0.25, 0.3) is 0 Å². The Morgan fingerprint density at radius 2 is 0.707 bits per heavy atom. The molecule has 0 bridgehead atoms. The summed E-state index contributed by atoms with van der Waals surface area (Å²) < 4.78 is 43.1. The molecule has 3 aliphatic rings. The number of nitrogens with zero attached hydrogens (tertiary/aromatic N) is 14. The maximum atomic E-state index is 5.78. The molecule has 75 heavy (non-hydrogen) atoms. The van der Waals surface area contributed by atoms with Crippen LogP contribution in [0, 0.1) is 17.8 Å². The van der Waals surface area contributed by atoms with Crippen molar-refractivity contribution in [3.8, 4) is 0 Å². The van der Waals surface area contributed by atoms with Crippen LogP contribution in [0.3, 0.4) is 0 Å². The van der Waals surface area contributed by atoms with E-state index in [0.29, 0.717) is 120 Å². The number of anilines is 5. The first-order valence-corrected chi connectivity index (χ1v) is 27.4. The predicted molar refractivity (Wildman–Crippen MR) is 293 cm³/mol. The van der Waals surface area contributed by atoms with Gasteiger partial charge in [-0.25, -0.2) is 4.98 Å². The highest BCUT2D eigenvalue weighted by atomic mass is 16.5. The molecule has 0 aliphatic heterocycles. The van der Waals surface area contributed by atoms with Gasteiger partial charge in [-0.15, -0.1) is 0 Å². The van der Waals surface area contributed by atoms with Crippen molar-refractivity contribution in [2.24, 2.45) is 17.8 Å². The van der Waals surface area contributed by atoms with Crippen LogP contribution in [0.1, 0.15) is 166 Å². The molecule has 3 aromatic heterocycles. The topological polar surface area (TPSA) is 206 Å². The summed E-state index contributed by atoms with van der Waals surface area (Å²) >= 11 is 0. The molecule has 6 rings (SSSR count). The Kier molecular flexibility index (Phi) is 29.7. The summed E-state index contributed by atoms with van der Waals surface area (Å²) in [6, 6.07) is 0. The van der Waals surface area contributed by atoms with Crippen LogP contribution >= 0.6 is 0 Å². The minimum absolute atomic E-state index is 0.353. The predicted octanol–water partition coefficient (Wildman–Crippen LogP) is 8.35. The molecule has 3 saturated carbocycles. The molecular formula is C53H96N14O8. The van der Waals surface area contributed by atoms with Crippen LogP contribution in [-0.4, -0.2) is 169 Å². The van der Waals surface area contributed by atoms with E-state index in [1.807, 2.05) is 38.6 Å². The average molecular weight is 1060 g/mol. The van der Waals surface area contributed by atoms with Crippen molar-refractivity contribution in [1.82, 2.24) is 44.9 Å². The van der Waals surface area contributed by atoms with Gasteiger partial charge >= 0.3 is 0 Å². The third-order valence-corrected chi connectivity index (χ3v) is 13.5. The van der Waals surface area contributed by atoms with E-state index in [9.17, 15) is 0 Å². The Bertz CT molecular complexity index is 2010. The second-order valence-corrected chi connectivity index (χ2v) is 20.5. The van der Waals surface area contributed by atoms with Crippen molar-refractivity contribution < 1.29 is 37.9 Å². The fraction of sp³-hybridized carbons (Fsp3) is 0.830. The first-order chi connectivity index (χ1) is 36.3. The minimum atomic E-state index is 0.353. The molecule has 3 fully saturated rings. The monoisotopic (exact) mass is 1060 g/mol. The Labute approximate surface area is 449 Å². The third-order valence-electron chi connectivity index (χ3n) is 13.5. The number of hydrogen-bond acceptors (Lipinski definition) is 22. The lowest BCUT2D eigenvalue weighted by atomic mass is 10.1. The van der Waals surface area contributed by atoms with Gasteiger partial charge < -0.3 is 47.7 Å². The summed E-state index contributed by atoms with van der Waals surface area (Å²) in [5, 5.41) is 0. The maximum Gasteiger partial charge on any atom is 0.234 e. The number of ether oxygens (including phenoxy) is 8. The number of unbranched alkanes of at least 4 members (excludes halogenated alkanes) is 2. The molecule has 3 heterocycles. The van der Waals surface area contributed by atoms with Crippen molar-refractivity contribution in [1.29, 1.82) is 0 Å². The standard InChI is InChI=1S/C19H35N5O3.C18H32N4O2.C16H29N5O3/c1-6-7-10-27-14-24(13-26-5)19-21-17(16-9-8-15(2)11-16)20-18(22-19)23(3)12-25-4;1-5-7-10-24-13-22(12-23-4)18-20-16(6-2)19-17(21-18)15-9-8-14(3)11-15;1-12-6-7-13(8-12)14-17-15(20(2)9-22-3)19-16(18-14)21(10-23-4)11-24-5/h15-16H,6-14H2,1-5H3;14-15H,5-13H2,1-4H3;12-13H,6-11H2,1-5H3. The molecule has 0 saturated heterocycles. The van der Waals surface area contributed by atoms with Crippen LogP contribution in [0.5, 0.6) is 0 Å². The van der Waals surface area contributed by atoms with Crippen LogP contribution in [0.2, 0.25) is 0 Å². The lowest BCUT2D eigenvalue weighted by Gasteiger charge is -2.24. The Hall–Kier alpha value is -4.29. The summed E-state index contributed by atoms with van der Waals surface area (Å²) in [6.07, 6.45) is 15.6. The highest BCUT2D eigenvalue weighted by Crippen LogP contribution is 2.39. The van der Waals surface area contributed by atoms with Crippen LogP contribution < -0.4 is 24.5 Å². The first-order valence-electron chi connectivity index (χ1n) is 27.4. The van der Waals surface area contributed by atoms with E-state index < -0.39 is 0 Å². The van der Waals surface area contributed by atoms with E-state index in [1.165, 1.54) is 32.1 Å². The second kappa shape index (κ2) is 35.2. The number of aryl methyl sites for hydroxylation is 1. The van der Waals surface area contributed by atoms with Crippen molar-refractivity contribution in [3.05, 3.63) is 23.3 Å². The highest BCUT2D eigenvalue weighted by Gasteiger charge is 2.30. The molecule has 0 amide bonds. The molecule has 6 unspecified atom stereocenters. The molecule has 0 N–H and O–H groups in total. The van der Waals surface area contributed by atoms with Gasteiger partial charge in [0.25, 0.3) is 0 Å². The zero-order chi connectivity index (χ0) is 54.5. The van der Waals surface area contributed by atoms with E-state index in [0.717, 1.165) is 93.6 Å². The molecule has 0 aromatic carbocycles. The van der Waals surface area contributed by atoms with Gasteiger partial charge in [0.1, 0.15) is 77.1 Å². The quantitative estimate of drug-likeness (QED) is 0.0438. The lowest BCUT2D eigenvalue weighted by molar-refractivity contribution is 0.101. The molecule has 3 aliphatic carbocycles. The van der Waals surface area contributed by atoms with Gasteiger partial charge in [-0.3, -0.25) is 14.7 Å². The zero-order valence-electron chi connectivity index (χ0n) is 48.5. The number of aromatic nitrogens is 9. The largest absolute Gasteiger partial charge is 0.364 e. The van der Waals surface area contributed by atoms with E-state index in [1.54, 1.807) is 42.7 Å². The fourth-order valence-corrected chi connectivity index (χ4v) is 9.39. The average Bonchev–Trinajstić information content (AvgIpc) is 4.19. The molecule has 426 valence electrons. The maximum absolute atomic E-state index is 5.78. The SMILES string of the molecule is CCCCOCN(COC)c1nc(C2CCC(C)C2)nc(N(C)COC)n1.CCCCOCN(COC)c1nc(CC)nc(C2CCC(C)C2)n1.COCN(C)c1nc(C2CCC(C)C2)nc(N(COC)COC)n1. The highest BCUT2D eigenvalue weighted by molar-refractivity contribution is 5.40. The van der Waals surface area contributed by atoms with E-state index >= 15 is 0 Å². The summed E-state index contributed by atoms with van der Waals surface area (Å²) in [7, 11) is 13.8. The Balaban J connectivity index is 0.000000244. The number of methoxy groups -OCH3 is 6. The van der Waals surface area contributed by atoms with Crippen molar-refractivity contribution in [2.45, 2.75) is 149 Å². The number of rotatable bonds is 31. The normalized spacial score (nSPS) is 20.1. The van der Waals surface area contributed by atoms with Gasteiger partial charge in [0, 0.05) is 94.1 Å². The molecule has 0 radical (unpaired) electrons. The Morgan fingerprint density at radius 1 is 0.387 bits per heavy atom. The Morgan fingerprint density at radius 3 is 1.01 bits per heavy atom. The second-order valence-electron chi connectivity index (χ2n) is 20.5. The molecule has 22 nitrogen and oxygen atoms in total. The van der Waals surface area contributed by atoms with Crippen LogP contribution in [-0.2, 0) is 44.3 Å². The molecule has 6 atom stereocenters. The van der Waals surface area contributed by atoms with Crippen molar-refractivity contribution in [3.63, 3.8) is 0 Å². The van der Waals surface area contributed by atoms with Gasteiger partial charge in [-0.05, 0) is 88.4 Å². The smallest absolute Gasteiger partial charge is 0.234 e. The number of hydrogen-bond donors (Lipinski definition) is 0. The van der Waals surface area contributed by atoms with E-state index in [-0.39, 0.29) is 0 Å². The third kappa shape index (κ3) is 21.2. The molecular weight excluding hydrogens is 961 g/mol. The van der Waals surface area contributed by atoms with Gasteiger partial charge in [0.15, 0.2) is 0 Å². The van der Waals surface area contributed by atoms with E-state index in [4.69, 9.17) is 62.8 Å². The van der Waals surface area contributed by atoms with Gasteiger partial charge in [-0.2, -0.15) is 39.9 Å². The fourth-order valence-electron chi connectivity index (χ4n) is 9.39. The molecule has 0 spiro atoms. The van der Waals surface area contributed by atoms with Crippen molar-refractivity contribution >= 4 is 29.7 Å². The summed E-state index contributed by atoms with van der Waals surface area (Å²) in [5.74, 6) is 9.95.